The van der Waals surface area contributed by atoms with Crippen LogP contribution in [0.15, 0.2) is 0 Å². The molecule has 0 amide bonds. The molecule has 1 fully saturated rings. The number of likely N-dealkylation sites (N-methyl/N-ethyl adjacent to an activating group) is 2. The largest absolute Gasteiger partial charge is 0.318 e. The first-order chi connectivity index (χ1) is 7.69. The molecule has 0 aromatic rings. The highest BCUT2D eigenvalue weighted by atomic mass is 15.2. The van der Waals surface area contributed by atoms with E-state index in [0.29, 0.717) is 0 Å². The molecule has 3 unspecified atom stereocenters. The average Bonchev–Trinajstić information content (AvgIpc) is 2.28. The van der Waals surface area contributed by atoms with E-state index < -0.39 is 0 Å². The molecule has 2 heteroatoms. The molecule has 1 aliphatic carbocycles. The summed E-state index contributed by atoms with van der Waals surface area (Å²) in [6, 6.07) is 1.55. The predicted molar refractivity (Wildman–Crippen MR) is 71.8 cm³/mol. The summed E-state index contributed by atoms with van der Waals surface area (Å²) in [5.74, 6) is 0.929. The van der Waals surface area contributed by atoms with Crippen molar-refractivity contribution in [2.75, 3.05) is 20.6 Å². The lowest BCUT2D eigenvalue weighted by atomic mass is 9.85. The van der Waals surface area contributed by atoms with Gasteiger partial charge >= 0.3 is 0 Å². The van der Waals surface area contributed by atoms with Gasteiger partial charge in [0.2, 0.25) is 0 Å². The van der Waals surface area contributed by atoms with E-state index in [1.165, 1.54) is 38.5 Å². The Morgan fingerprint density at radius 3 is 2.69 bits per heavy atom. The van der Waals surface area contributed by atoms with E-state index in [4.69, 9.17) is 0 Å². The Bertz CT molecular complexity index is 171. The first-order valence-electron chi connectivity index (χ1n) is 7.05. The fourth-order valence-electron chi connectivity index (χ4n) is 3.09. The smallest absolute Gasteiger partial charge is 0.0220 e. The van der Waals surface area contributed by atoms with Crippen LogP contribution in [0.2, 0.25) is 0 Å². The lowest BCUT2D eigenvalue weighted by Gasteiger charge is -2.39. The molecule has 1 N–H and O–H groups in total. The molecule has 3 atom stereocenters. The molecule has 0 aromatic heterocycles. The summed E-state index contributed by atoms with van der Waals surface area (Å²) in [5, 5.41) is 3.34. The number of nitrogens with one attached hydrogen (secondary N) is 1. The van der Waals surface area contributed by atoms with Crippen LogP contribution in [0.1, 0.15) is 52.4 Å². The highest BCUT2D eigenvalue weighted by molar-refractivity contribution is 4.82. The van der Waals surface area contributed by atoms with Gasteiger partial charge in [0.05, 0.1) is 0 Å². The Balaban J connectivity index is 2.47. The number of hydrogen-bond acceptors (Lipinski definition) is 2. The lowest BCUT2D eigenvalue weighted by molar-refractivity contribution is 0.112. The number of hydrogen-bond donors (Lipinski definition) is 1. The van der Waals surface area contributed by atoms with Crippen LogP contribution in [0.5, 0.6) is 0 Å². The molecule has 1 aliphatic rings. The second-order valence-corrected chi connectivity index (χ2v) is 5.59. The summed E-state index contributed by atoms with van der Waals surface area (Å²) in [6.07, 6.45) is 8.29. The van der Waals surface area contributed by atoms with Crippen molar-refractivity contribution in [3.8, 4) is 0 Å². The monoisotopic (exact) mass is 226 g/mol. The summed E-state index contributed by atoms with van der Waals surface area (Å²) in [7, 11) is 4.40. The molecular weight excluding hydrogens is 196 g/mol. The molecular formula is C14H30N2. The van der Waals surface area contributed by atoms with Gasteiger partial charge in [-0.2, -0.15) is 0 Å². The van der Waals surface area contributed by atoms with Crippen molar-refractivity contribution in [2.45, 2.75) is 64.5 Å². The summed E-state index contributed by atoms with van der Waals surface area (Å²) >= 11 is 0. The predicted octanol–water partition coefficient (Wildman–Crippen LogP) is 2.89. The van der Waals surface area contributed by atoms with Gasteiger partial charge in [-0.05, 0) is 39.3 Å². The maximum absolute atomic E-state index is 3.34. The van der Waals surface area contributed by atoms with E-state index in [-0.39, 0.29) is 0 Å². The van der Waals surface area contributed by atoms with E-state index >= 15 is 0 Å². The number of rotatable bonds is 6. The Morgan fingerprint density at radius 2 is 2.12 bits per heavy atom. The van der Waals surface area contributed by atoms with Gasteiger partial charge in [-0.3, -0.25) is 4.90 Å². The standard InChI is InChI=1S/C14H30N2/c1-5-7-14(11-15-3)16(4)13-9-6-8-12(2)10-13/h12-15H,5-11H2,1-4H3. The minimum atomic E-state index is 0.727. The third-order valence-electron chi connectivity index (χ3n) is 4.12. The van der Waals surface area contributed by atoms with E-state index in [1.54, 1.807) is 0 Å². The van der Waals surface area contributed by atoms with Crippen LogP contribution in [0, 0.1) is 5.92 Å². The SMILES string of the molecule is CCCC(CNC)N(C)C1CCCC(C)C1. The Kier molecular flexibility index (Phi) is 6.37. The van der Waals surface area contributed by atoms with Gasteiger partial charge in [0.15, 0.2) is 0 Å². The maximum atomic E-state index is 3.34. The third kappa shape index (κ3) is 4.06. The third-order valence-corrected chi connectivity index (χ3v) is 4.12. The van der Waals surface area contributed by atoms with Crippen LogP contribution in [0.3, 0.4) is 0 Å². The maximum Gasteiger partial charge on any atom is 0.0220 e. The molecule has 0 aromatic carbocycles. The molecule has 16 heavy (non-hydrogen) atoms. The molecule has 96 valence electrons. The van der Waals surface area contributed by atoms with Crippen LogP contribution < -0.4 is 5.32 Å². The Hall–Kier alpha value is -0.0800. The lowest BCUT2D eigenvalue weighted by Crippen LogP contribution is -2.46. The number of nitrogens with zero attached hydrogens (tertiary/aromatic N) is 1. The molecule has 1 saturated carbocycles. The van der Waals surface area contributed by atoms with Crippen molar-refractivity contribution in [1.29, 1.82) is 0 Å². The second kappa shape index (κ2) is 7.29. The van der Waals surface area contributed by atoms with Gasteiger partial charge in [0.1, 0.15) is 0 Å². The summed E-state index contributed by atoms with van der Waals surface area (Å²) in [4.78, 5) is 2.65. The fraction of sp³-hybridized carbons (Fsp3) is 1.00. The minimum Gasteiger partial charge on any atom is -0.318 e. The molecule has 0 heterocycles. The van der Waals surface area contributed by atoms with Crippen LogP contribution >= 0.6 is 0 Å². The van der Waals surface area contributed by atoms with E-state index in [2.05, 4.69) is 38.2 Å². The first kappa shape index (κ1) is 14.0. The van der Waals surface area contributed by atoms with Gasteiger partial charge in [0.25, 0.3) is 0 Å². The molecule has 0 bridgehead atoms. The van der Waals surface area contributed by atoms with Crippen molar-refractivity contribution in [2.24, 2.45) is 5.92 Å². The van der Waals surface area contributed by atoms with Gasteiger partial charge in [0, 0.05) is 18.6 Å². The zero-order valence-corrected chi connectivity index (χ0v) is 11.6. The molecule has 0 spiro atoms. The van der Waals surface area contributed by atoms with Crippen LogP contribution in [0.25, 0.3) is 0 Å². The minimum absolute atomic E-state index is 0.727. The molecule has 1 rings (SSSR count). The van der Waals surface area contributed by atoms with Gasteiger partial charge < -0.3 is 5.32 Å². The topological polar surface area (TPSA) is 15.3 Å². The Morgan fingerprint density at radius 1 is 1.38 bits per heavy atom. The van der Waals surface area contributed by atoms with Gasteiger partial charge in [-0.25, -0.2) is 0 Å². The van der Waals surface area contributed by atoms with Crippen molar-refractivity contribution in [3.63, 3.8) is 0 Å². The zero-order chi connectivity index (χ0) is 12.0. The van der Waals surface area contributed by atoms with E-state index in [9.17, 15) is 0 Å². The van der Waals surface area contributed by atoms with E-state index in [0.717, 1.165) is 24.5 Å². The van der Waals surface area contributed by atoms with Crippen molar-refractivity contribution < 1.29 is 0 Å². The molecule has 0 saturated heterocycles. The quantitative estimate of drug-likeness (QED) is 0.749. The van der Waals surface area contributed by atoms with Crippen molar-refractivity contribution >= 4 is 0 Å². The fourth-order valence-corrected chi connectivity index (χ4v) is 3.09. The van der Waals surface area contributed by atoms with Crippen LogP contribution in [0.4, 0.5) is 0 Å². The highest BCUT2D eigenvalue weighted by Gasteiger charge is 2.26. The summed E-state index contributed by atoms with van der Waals surface area (Å²) in [6.45, 7) is 5.84. The zero-order valence-electron chi connectivity index (χ0n) is 11.6. The van der Waals surface area contributed by atoms with E-state index in [1.807, 2.05) is 0 Å². The normalized spacial score (nSPS) is 28.3. The summed E-state index contributed by atoms with van der Waals surface area (Å²) < 4.78 is 0. The van der Waals surface area contributed by atoms with Crippen LogP contribution in [-0.4, -0.2) is 37.6 Å². The Labute approximate surface area is 102 Å². The van der Waals surface area contributed by atoms with Crippen molar-refractivity contribution in [1.82, 2.24) is 10.2 Å². The second-order valence-electron chi connectivity index (χ2n) is 5.59. The highest BCUT2D eigenvalue weighted by Crippen LogP contribution is 2.28. The van der Waals surface area contributed by atoms with Gasteiger partial charge in [-0.1, -0.05) is 33.1 Å². The average molecular weight is 226 g/mol. The van der Waals surface area contributed by atoms with Crippen molar-refractivity contribution in [3.05, 3.63) is 0 Å². The molecule has 2 nitrogen and oxygen atoms in total. The molecule has 0 radical (unpaired) electrons. The van der Waals surface area contributed by atoms with Gasteiger partial charge in [-0.15, -0.1) is 0 Å². The molecule has 0 aliphatic heterocycles. The van der Waals surface area contributed by atoms with Crippen LogP contribution in [-0.2, 0) is 0 Å². The first-order valence-corrected chi connectivity index (χ1v) is 7.05. The summed E-state index contributed by atoms with van der Waals surface area (Å²) in [5.41, 5.74) is 0.